The van der Waals surface area contributed by atoms with Crippen LogP contribution in [0.3, 0.4) is 0 Å². The molecule has 118 valence electrons. The molecule has 0 N–H and O–H groups in total. The highest BCUT2D eigenvalue weighted by Gasteiger charge is 2.23. The van der Waals surface area contributed by atoms with Crippen molar-refractivity contribution in [2.75, 3.05) is 26.2 Å². The molecule has 1 aliphatic heterocycles. The number of nitrogens with zero attached hydrogens (tertiary/aromatic N) is 2. The fraction of sp³-hybridized carbons (Fsp3) is 0.500. The predicted octanol–water partition coefficient (Wildman–Crippen LogP) is 3.34. The van der Waals surface area contributed by atoms with Crippen LogP contribution >= 0.6 is 11.6 Å². The summed E-state index contributed by atoms with van der Waals surface area (Å²) in [6.07, 6.45) is 7.35. The molecule has 4 heteroatoms. The average Bonchev–Trinajstić information content (AvgIpc) is 3.01. The van der Waals surface area contributed by atoms with Gasteiger partial charge in [-0.15, -0.1) is 0 Å². The van der Waals surface area contributed by atoms with Gasteiger partial charge in [0.1, 0.15) is 0 Å². The molecule has 1 fully saturated rings. The normalized spacial score (nSPS) is 22.2. The van der Waals surface area contributed by atoms with Gasteiger partial charge in [0, 0.05) is 44.2 Å². The second-order valence-corrected chi connectivity index (χ2v) is 6.69. The molecule has 1 atom stereocenters. The van der Waals surface area contributed by atoms with E-state index in [4.69, 9.17) is 11.6 Å². The van der Waals surface area contributed by atoms with Crippen LogP contribution in [0.5, 0.6) is 0 Å². The van der Waals surface area contributed by atoms with Crippen LogP contribution in [0, 0.1) is 5.92 Å². The lowest BCUT2D eigenvalue weighted by Gasteiger charge is -2.35. The minimum absolute atomic E-state index is 0.318. The highest BCUT2D eigenvalue weighted by Crippen LogP contribution is 2.22. The summed E-state index contributed by atoms with van der Waals surface area (Å²) in [5.41, 5.74) is 1.24. The Balaban J connectivity index is 1.45. The first-order valence-electron chi connectivity index (χ1n) is 8.12. The van der Waals surface area contributed by atoms with E-state index in [1.165, 1.54) is 5.56 Å². The van der Waals surface area contributed by atoms with Crippen LogP contribution in [0.1, 0.15) is 24.8 Å². The molecule has 1 aromatic carbocycles. The lowest BCUT2D eigenvalue weighted by atomic mass is 10.0. The standard InChI is InChI=1S/C18H23ClN2O/c19-17-7-3-6-16(12-17)14-20-8-10-21(11-9-20)18(22)13-15-4-1-2-5-15/h1,3-4,6-7,12,15H,2,5,8-11,13-14H2. The van der Waals surface area contributed by atoms with Gasteiger partial charge in [0.05, 0.1) is 0 Å². The van der Waals surface area contributed by atoms with Crippen molar-refractivity contribution in [3.05, 3.63) is 47.0 Å². The summed E-state index contributed by atoms with van der Waals surface area (Å²) >= 11 is 6.03. The molecule has 2 aliphatic rings. The Morgan fingerprint density at radius 2 is 2.05 bits per heavy atom. The van der Waals surface area contributed by atoms with Crippen LogP contribution in [-0.2, 0) is 11.3 Å². The van der Waals surface area contributed by atoms with E-state index in [0.29, 0.717) is 18.2 Å². The van der Waals surface area contributed by atoms with Gasteiger partial charge in [0.15, 0.2) is 0 Å². The number of carbonyl (C=O) groups excluding carboxylic acids is 1. The molecule has 1 amide bonds. The van der Waals surface area contributed by atoms with E-state index >= 15 is 0 Å². The van der Waals surface area contributed by atoms with Crippen molar-refractivity contribution in [1.29, 1.82) is 0 Å². The molecule has 1 aromatic rings. The van der Waals surface area contributed by atoms with E-state index in [0.717, 1.165) is 50.6 Å². The molecular weight excluding hydrogens is 296 g/mol. The van der Waals surface area contributed by atoms with Crippen LogP contribution in [0.25, 0.3) is 0 Å². The van der Waals surface area contributed by atoms with Gasteiger partial charge in [-0.2, -0.15) is 0 Å². The van der Waals surface area contributed by atoms with Crippen molar-refractivity contribution in [3.8, 4) is 0 Å². The molecular formula is C18H23ClN2O. The lowest BCUT2D eigenvalue weighted by Crippen LogP contribution is -2.48. The van der Waals surface area contributed by atoms with Crippen molar-refractivity contribution < 1.29 is 4.79 Å². The minimum atomic E-state index is 0.318. The molecule has 0 bridgehead atoms. The van der Waals surface area contributed by atoms with Gasteiger partial charge >= 0.3 is 0 Å². The fourth-order valence-electron chi connectivity index (χ4n) is 3.27. The van der Waals surface area contributed by atoms with Gasteiger partial charge in [-0.1, -0.05) is 35.9 Å². The molecule has 22 heavy (non-hydrogen) atoms. The van der Waals surface area contributed by atoms with Crippen molar-refractivity contribution in [3.63, 3.8) is 0 Å². The summed E-state index contributed by atoms with van der Waals surface area (Å²) in [7, 11) is 0. The van der Waals surface area contributed by atoms with Gasteiger partial charge in [0.2, 0.25) is 5.91 Å². The second kappa shape index (κ2) is 7.30. The van der Waals surface area contributed by atoms with E-state index in [-0.39, 0.29) is 0 Å². The fourth-order valence-corrected chi connectivity index (χ4v) is 3.48. The number of carbonyl (C=O) groups is 1. The van der Waals surface area contributed by atoms with E-state index in [9.17, 15) is 4.79 Å². The van der Waals surface area contributed by atoms with Gasteiger partial charge in [-0.05, 0) is 36.5 Å². The third-order valence-electron chi connectivity index (χ3n) is 4.57. The molecule has 0 saturated carbocycles. The SMILES string of the molecule is O=C(CC1C=CCC1)N1CCN(Cc2cccc(Cl)c2)CC1. The number of piperazine rings is 1. The van der Waals surface area contributed by atoms with E-state index < -0.39 is 0 Å². The number of amides is 1. The Kier molecular flexibility index (Phi) is 5.16. The Morgan fingerprint density at radius 1 is 1.23 bits per heavy atom. The van der Waals surface area contributed by atoms with Crippen LogP contribution in [-0.4, -0.2) is 41.9 Å². The van der Waals surface area contributed by atoms with Gasteiger partial charge < -0.3 is 4.90 Å². The number of hydrogen-bond acceptors (Lipinski definition) is 2. The van der Waals surface area contributed by atoms with Crippen molar-refractivity contribution >= 4 is 17.5 Å². The second-order valence-electron chi connectivity index (χ2n) is 6.26. The van der Waals surface area contributed by atoms with Crippen LogP contribution in [0.15, 0.2) is 36.4 Å². The zero-order chi connectivity index (χ0) is 15.4. The Labute approximate surface area is 137 Å². The van der Waals surface area contributed by atoms with E-state index in [2.05, 4.69) is 23.1 Å². The van der Waals surface area contributed by atoms with Gasteiger partial charge in [0.25, 0.3) is 0 Å². The summed E-state index contributed by atoms with van der Waals surface area (Å²) in [6.45, 7) is 4.48. The molecule has 1 unspecified atom stereocenters. The number of hydrogen-bond donors (Lipinski definition) is 0. The minimum Gasteiger partial charge on any atom is -0.340 e. The van der Waals surface area contributed by atoms with Crippen LogP contribution < -0.4 is 0 Å². The number of halogens is 1. The summed E-state index contributed by atoms with van der Waals surface area (Å²) in [6, 6.07) is 8.02. The lowest BCUT2D eigenvalue weighted by molar-refractivity contribution is -0.133. The molecule has 0 aromatic heterocycles. The topological polar surface area (TPSA) is 23.6 Å². The molecule has 1 aliphatic carbocycles. The molecule has 1 heterocycles. The van der Waals surface area contributed by atoms with Crippen molar-refractivity contribution in [2.24, 2.45) is 5.92 Å². The summed E-state index contributed by atoms with van der Waals surface area (Å²) in [5, 5.41) is 0.788. The first-order chi connectivity index (χ1) is 10.7. The number of rotatable bonds is 4. The molecule has 3 nitrogen and oxygen atoms in total. The Morgan fingerprint density at radius 3 is 2.73 bits per heavy atom. The highest BCUT2D eigenvalue weighted by atomic mass is 35.5. The highest BCUT2D eigenvalue weighted by molar-refractivity contribution is 6.30. The summed E-state index contributed by atoms with van der Waals surface area (Å²) in [5.74, 6) is 0.788. The Hall–Kier alpha value is -1.32. The average molecular weight is 319 g/mol. The monoisotopic (exact) mass is 318 g/mol. The quantitative estimate of drug-likeness (QED) is 0.795. The molecule has 0 spiro atoms. The first kappa shape index (κ1) is 15.6. The van der Waals surface area contributed by atoms with Crippen LogP contribution in [0.4, 0.5) is 0 Å². The number of allylic oxidation sites excluding steroid dienone is 2. The Bertz CT molecular complexity index is 550. The maximum atomic E-state index is 12.3. The third kappa shape index (κ3) is 4.11. The van der Waals surface area contributed by atoms with Gasteiger partial charge in [-0.25, -0.2) is 0 Å². The first-order valence-corrected chi connectivity index (χ1v) is 8.50. The molecule has 3 rings (SSSR count). The molecule has 0 radical (unpaired) electrons. The zero-order valence-electron chi connectivity index (χ0n) is 12.9. The summed E-state index contributed by atoms with van der Waals surface area (Å²) < 4.78 is 0. The largest absolute Gasteiger partial charge is 0.340 e. The zero-order valence-corrected chi connectivity index (χ0v) is 13.6. The smallest absolute Gasteiger partial charge is 0.223 e. The van der Waals surface area contributed by atoms with Gasteiger partial charge in [-0.3, -0.25) is 9.69 Å². The van der Waals surface area contributed by atoms with E-state index in [1.54, 1.807) is 0 Å². The van der Waals surface area contributed by atoms with Crippen molar-refractivity contribution in [2.45, 2.75) is 25.8 Å². The van der Waals surface area contributed by atoms with E-state index in [1.807, 2.05) is 23.1 Å². The van der Waals surface area contributed by atoms with Crippen LogP contribution in [0.2, 0.25) is 5.02 Å². The maximum absolute atomic E-state index is 12.3. The summed E-state index contributed by atoms with van der Waals surface area (Å²) in [4.78, 5) is 16.7. The van der Waals surface area contributed by atoms with Crippen molar-refractivity contribution in [1.82, 2.24) is 9.80 Å². The molecule has 1 saturated heterocycles. The third-order valence-corrected chi connectivity index (χ3v) is 4.80. The predicted molar refractivity (Wildman–Crippen MR) is 89.8 cm³/mol. The maximum Gasteiger partial charge on any atom is 0.223 e. The number of benzene rings is 1.